The fourth-order valence-corrected chi connectivity index (χ4v) is 1.59. The number of anilines is 3. The first-order valence-electron chi connectivity index (χ1n) is 6.28. The monoisotopic (exact) mass is 294 g/mol. The van der Waals surface area contributed by atoms with E-state index in [-0.39, 0.29) is 6.54 Å². The standard InChI is InChI=1S/C13H16F2N6/c1-16-11-18-12(20-13(19-11)21(2)3)17-7-8-4-5-9(14)6-10(8)15/h4-6H,7H2,1-3H3,(H2,16,17,18,19,20). The average Bonchev–Trinajstić information content (AvgIpc) is 2.46. The summed E-state index contributed by atoms with van der Waals surface area (Å²) < 4.78 is 26.4. The average molecular weight is 294 g/mol. The molecule has 8 heteroatoms. The van der Waals surface area contributed by atoms with Crippen LogP contribution in [0.15, 0.2) is 18.2 Å². The van der Waals surface area contributed by atoms with Gasteiger partial charge in [-0.3, -0.25) is 0 Å². The van der Waals surface area contributed by atoms with Crippen molar-refractivity contribution in [3.63, 3.8) is 0 Å². The molecule has 0 saturated heterocycles. The quantitative estimate of drug-likeness (QED) is 0.877. The van der Waals surface area contributed by atoms with Crippen molar-refractivity contribution in [3.8, 4) is 0 Å². The Labute approximate surface area is 121 Å². The summed E-state index contributed by atoms with van der Waals surface area (Å²) in [7, 11) is 5.30. The predicted molar refractivity (Wildman–Crippen MR) is 77.4 cm³/mol. The number of nitrogens with one attached hydrogen (secondary N) is 2. The van der Waals surface area contributed by atoms with Crippen LogP contribution in [0.4, 0.5) is 26.6 Å². The largest absolute Gasteiger partial charge is 0.357 e. The van der Waals surface area contributed by atoms with Crippen molar-refractivity contribution in [3.05, 3.63) is 35.4 Å². The molecule has 0 aliphatic rings. The molecular formula is C13H16F2N6. The Morgan fingerprint density at radius 1 is 1.10 bits per heavy atom. The first-order valence-corrected chi connectivity index (χ1v) is 6.28. The molecule has 0 atom stereocenters. The third-order valence-corrected chi connectivity index (χ3v) is 2.70. The van der Waals surface area contributed by atoms with E-state index in [1.807, 2.05) is 0 Å². The van der Waals surface area contributed by atoms with E-state index in [1.54, 1.807) is 26.0 Å². The van der Waals surface area contributed by atoms with E-state index in [9.17, 15) is 8.78 Å². The Bertz CT molecular complexity index is 632. The Morgan fingerprint density at radius 3 is 2.43 bits per heavy atom. The van der Waals surface area contributed by atoms with Gasteiger partial charge in [0.25, 0.3) is 0 Å². The van der Waals surface area contributed by atoms with Crippen LogP contribution in [-0.4, -0.2) is 36.1 Å². The minimum absolute atomic E-state index is 0.145. The van der Waals surface area contributed by atoms with Gasteiger partial charge in [0.15, 0.2) is 0 Å². The van der Waals surface area contributed by atoms with Gasteiger partial charge in [-0.15, -0.1) is 0 Å². The molecule has 0 aliphatic heterocycles. The molecule has 1 aromatic heterocycles. The third kappa shape index (κ3) is 3.74. The van der Waals surface area contributed by atoms with E-state index in [0.717, 1.165) is 6.07 Å². The van der Waals surface area contributed by atoms with Gasteiger partial charge >= 0.3 is 0 Å². The van der Waals surface area contributed by atoms with Crippen LogP contribution in [0.25, 0.3) is 0 Å². The second-order valence-electron chi connectivity index (χ2n) is 4.52. The number of benzene rings is 1. The Hall–Kier alpha value is -2.51. The lowest BCUT2D eigenvalue weighted by Crippen LogP contribution is -2.16. The topological polar surface area (TPSA) is 66.0 Å². The van der Waals surface area contributed by atoms with Gasteiger partial charge in [0.05, 0.1) is 0 Å². The molecule has 0 fully saturated rings. The van der Waals surface area contributed by atoms with Gasteiger partial charge in [-0.2, -0.15) is 15.0 Å². The Morgan fingerprint density at radius 2 is 1.81 bits per heavy atom. The lowest BCUT2D eigenvalue weighted by molar-refractivity contribution is 0.574. The zero-order valence-corrected chi connectivity index (χ0v) is 12.0. The minimum atomic E-state index is -0.613. The number of rotatable bonds is 5. The van der Waals surface area contributed by atoms with Crippen LogP contribution in [-0.2, 0) is 6.54 Å². The highest BCUT2D eigenvalue weighted by Gasteiger charge is 2.08. The van der Waals surface area contributed by atoms with Crippen LogP contribution in [0.3, 0.4) is 0 Å². The first-order chi connectivity index (χ1) is 9.99. The van der Waals surface area contributed by atoms with Crippen molar-refractivity contribution in [1.29, 1.82) is 0 Å². The van der Waals surface area contributed by atoms with Crippen LogP contribution in [0.1, 0.15) is 5.56 Å². The van der Waals surface area contributed by atoms with E-state index in [2.05, 4.69) is 25.6 Å². The molecule has 1 heterocycles. The van der Waals surface area contributed by atoms with E-state index in [0.29, 0.717) is 23.4 Å². The van der Waals surface area contributed by atoms with E-state index in [4.69, 9.17) is 0 Å². The molecule has 2 N–H and O–H groups in total. The fraction of sp³-hybridized carbons (Fsp3) is 0.308. The minimum Gasteiger partial charge on any atom is -0.357 e. The highest BCUT2D eigenvalue weighted by Crippen LogP contribution is 2.14. The lowest BCUT2D eigenvalue weighted by Gasteiger charge is -2.13. The van der Waals surface area contributed by atoms with E-state index >= 15 is 0 Å². The van der Waals surface area contributed by atoms with Gasteiger partial charge in [-0.1, -0.05) is 6.07 Å². The highest BCUT2D eigenvalue weighted by atomic mass is 19.1. The molecule has 0 unspecified atom stereocenters. The molecule has 0 radical (unpaired) electrons. The summed E-state index contributed by atoms with van der Waals surface area (Å²) in [5.41, 5.74) is 0.328. The number of halogens is 2. The summed E-state index contributed by atoms with van der Waals surface area (Å²) in [5.74, 6) is -0.0454. The summed E-state index contributed by atoms with van der Waals surface area (Å²) >= 11 is 0. The second kappa shape index (κ2) is 6.29. The Balaban J connectivity index is 2.17. The summed E-state index contributed by atoms with van der Waals surface area (Å²) in [4.78, 5) is 14.2. The molecule has 2 rings (SSSR count). The number of hydrogen-bond donors (Lipinski definition) is 2. The molecule has 1 aromatic carbocycles. The van der Waals surface area contributed by atoms with E-state index < -0.39 is 11.6 Å². The van der Waals surface area contributed by atoms with Crippen LogP contribution in [0.2, 0.25) is 0 Å². The summed E-state index contributed by atoms with van der Waals surface area (Å²) in [6.45, 7) is 0.145. The van der Waals surface area contributed by atoms with Gasteiger partial charge < -0.3 is 15.5 Å². The van der Waals surface area contributed by atoms with Crippen molar-refractivity contribution in [2.45, 2.75) is 6.54 Å². The summed E-state index contributed by atoms with van der Waals surface area (Å²) in [6, 6.07) is 3.43. The van der Waals surface area contributed by atoms with Crippen molar-refractivity contribution in [1.82, 2.24) is 15.0 Å². The van der Waals surface area contributed by atoms with Crippen molar-refractivity contribution in [2.75, 3.05) is 36.7 Å². The van der Waals surface area contributed by atoms with Crippen LogP contribution >= 0.6 is 0 Å². The molecule has 112 valence electrons. The zero-order chi connectivity index (χ0) is 15.4. The number of nitrogens with zero attached hydrogens (tertiary/aromatic N) is 4. The molecule has 6 nitrogen and oxygen atoms in total. The smallest absolute Gasteiger partial charge is 0.231 e. The van der Waals surface area contributed by atoms with Gasteiger partial charge in [-0.05, 0) is 6.07 Å². The molecule has 0 saturated carbocycles. The van der Waals surface area contributed by atoms with Crippen molar-refractivity contribution in [2.24, 2.45) is 0 Å². The summed E-state index contributed by atoms with van der Waals surface area (Å²) in [6.07, 6.45) is 0. The summed E-state index contributed by atoms with van der Waals surface area (Å²) in [5, 5.41) is 5.73. The SMILES string of the molecule is CNc1nc(NCc2ccc(F)cc2F)nc(N(C)C)n1. The second-order valence-corrected chi connectivity index (χ2v) is 4.52. The van der Waals surface area contributed by atoms with Gasteiger partial charge in [0, 0.05) is 39.3 Å². The molecular weight excluding hydrogens is 278 g/mol. The zero-order valence-electron chi connectivity index (χ0n) is 12.0. The van der Waals surface area contributed by atoms with Crippen molar-refractivity contribution >= 4 is 17.8 Å². The van der Waals surface area contributed by atoms with Crippen LogP contribution in [0.5, 0.6) is 0 Å². The van der Waals surface area contributed by atoms with Crippen LogP contribution in [0, 0.1) is 11.6 Å². The maximum Gasteiger partial charge on any atom is 0.231 e. The van der Waals surface area contributed by atoms with E-state index in [1.165, 1.54) is 12.1 Å². The maximum atomic E-state index is 13.6. The molecule has 0 bridgehead atoms. The molecule has 2 aromatic rings. The van der Waals surface area contributed by atoms with Crippen molar-refractivity contribution < 1.29 is 8.78 Å². The lowest BCUT2D eigenvalue weighted by atomic mass is 10.2. The number of hydrogen-bond acceptors (Lipinski definition) is 6. The van der Waals surface area contributed by atoms with Gasteiger partial charge in [0.1, 0.15) is 11.6 Å². The first kappa shape index (κ1) is 14.9. The molecule has 0 amide bonds. The van der Waals surface area contributed by atoms with Crippen LogP contribution < -0.4 is 15.5 Å². The molecule has 21 heavy (non-hydrogen) atoms. The fourth-order valence-electron chi connectivity index (χ4n) is 1.59. The van der Waals surface area contributed by atoms with Gasteiger partial charge in [0.2, 0.25) is 17.8 Å². The normalized spacial score (nSPS) is 10.3. The number of aromatic nitrogens is 3. The third-order valence-electron chi connectivity index (χ3n) is 2.70. The predicted octanol–water partition coefficient (Wildman–Crippen LogP) is 1.87. The Kier molecular flexibility index (Phi) is 4.46. The molecule has 0 aliphatic carbocycles. The highest BCUT2D eigenvalue weighted by molar-refractivity contribution is 5.43. The maximum absolute atomic E-state index is 13.6. The molecule has 0 spiro atoms. The van der Waals surface area contributed by atoms with Gasteiger partial charge in [-0.25, -0.2) is 8.78 Å².